The Balaban J connectivity index is 0.00000300. The quantitative estimate of drug-likeness (QED) is 0.445. The Bertz CT molecular complexity index is 813. The topological polar surface area (TPSA) is 107 Å². The molecule has 1 aliphatic rings. The van der Waals surface area contributed by atoms with E-state index in [-0.39, 0.29) is 24.2 Å². The van der Waals surface area contributed by atoms with Crippen LogP contribution in [-0.2, 0) is 4.74 Å². The van der Waals surface area contributed by atoms with Crippen LogP contribution in [0.3, 0.4) is 0 Å². The molecule has 0 radical (unpaired) electrons. The molecule has 1 fully saturated rings. The minimum absolute atomic E-state index is 0. The zero-order chi connectivity index (χ0) is 20.1. The number of nitro groups is 1. The number of methoxy groups -OCH3 is 1. The van der Waals surface area contributed by atoms with Crippen LogP contribution in [0.1, 0.15) is 5.69 Å². The number of non-ortho nitro benzene ring substituents is 1. The molecule has 0 N–H and O–H groups in total. The number of ether oxygens (including phenoxy) is 2. The fourth-order valence-electron chi connectivity index (χ4n) is 3.12. The molecule has 29 heavy (non-hydrogen) atoms. The third-order valence-corrected chi connectivity index (χ3v) is 4.86. The van der Waals surface area contributed by atoms with Gasteiger partial charge in [-0.25, -0.2) is 4.63 Å². The van der Waals surface area contributed by atoms with Crippen molar-refractivity contribution < 1.29 is 19.0 Å². The number of aryl methyl sites for hydroxylation is 1. The number of hydrogen-bond acceptors (Lipinski definition) is 9. The summed E-state index contributed by atoms with van der Waals surface area (Å²) in [5.74, 6) is 0.373. The largest absolute Gasteiger partial charge is 0.467 e. The van der Waals surface area contributed by atoms with E-state index >= 15 is 0 Å². The fraction of sp³-hybridized carbons (Fsp3) is 0.529. The van der Waals surface area contributed by atoms with Crippen molar-refractivity contribution in [2.45, 2.75) is 13.0 Å². The monoisotopic (exact) mass is 447 g/mol. The van der Waals surface area contributed by atoms with Crippen molar-refractivity contribution in [2.24, 2.45) is 0 Å². The highest BCUT2D eigenvalue weighted by Crippen LogP contribution is 2.30. The van der Waals surface area contributed by atoms with E-state index in [2.05, 4.69) is 24.7 Å². The highest BCUT2D eigenvalue weighted by Gasteiger charge is 2.24. The molecule has 0 saturated carbocycles. The Morgan fingerprint density at radius 3 is 2.59 bits per heavy atom. The molecule has 0 aliphatic carbocycles. The molecule has 1 atom stereocenters. The predicted octanol–water partition coefficient (Wildman–Crippen LogP) is 2.58. The van der Waals surface area contributed by atoms with Gasteiger partial charge in [0.05, 0.1) is 22.2 Å². The smallest absolute Gasteiger partial charge is 0.279 e. The van der Waals surface area contributed by atoms with E-state index in [1.807, 2.05) is 0 Å². The summed E-state index contributed by atoms with van der Waals surface area (Å²) < 4.78 is 15.8. The Morgan fingerprint density at radius 1 is 1.31 bits per heavy atom. The average Bonchev–Trinajstić information content (AvgIpc) is 3.07. The first-order valence-electron chi connectivity index (χ1n) is 8.84. The second-order valence-corrected chi connectivity index (χ2v) is 6.94. The molecule has 3 rings (SSSR count). The van der Waals surface area contributed by atoms with Crippen LogP contribution in [0.25, 0.3) is 0 Å². The van der Waals surface area contributed by atoms with Crippen LogP contribution in [0, 0.1) is 17.0 Å². The molecule has 1 aromatic heterocycles. The number of anilines is 1. The molecule has 1 saturated heterocycles. The molecule has 1 unspecified atom stereocenters. The third kappa shape index (κ3) is 5.92. The minimum atomic E-state index is -0.449. The van der Waals surface area contributed by atoms with Gasteiger partial charge in [-0.15, -0.1) is 12.4 Å². The summed E-state index contributed by atoms with van der Waals surface area (Å²) in [5, 5.41) is 18.7. The normalized spacial score (nSPS) is 15.6. The van der Waals surface area contributed by atoms with Crippen molar-refractivity contribution in [3.05, 3.63) is 39.0 Å². The Hall–Kier alpha value is -2.14. The van der Waals surface area contributed by atoms with Crippen LogP contribution in [0.5, 0.6) is 5.88 Å². The van der Waals surface area contributed by atoms with Gasteiger partial charge in [0.25, 0.3) is 11.6 Å². The number of nitrogens with zero attached hydrogens (tertiary/aromatic N) is 5. The van der Waals surface area contributed by atoms with E-state index in [1.165, 1.54) is 12.1 Å². The van der Waals surface area contributed by atoms with E-state index < -0.39 is 4.92 Å². The molecule has 1 aromatic carbocycles. The molecule has 2 aromatic rings. The van der Waals surface area contributed by atoms with E-state index in [9.17, 15) is 10.1 Å². The zero-order valence-corrected chi connectivity index (χ0v) is 17.7. The van der Waals surface area contributed by atoms with Crippen LogP contribution in [0.4, 0.5) is 11.4 Å². The van der Waals surface area contributed by atoms with Crippen LogP contribution < -0.4 is 9.64 Å². The minimum Gasteiger partial charge on any atom is -0.467 e. The van der Waals surface area contributed by atoms with Crippen molar-refractivity contribution >= 4 is 35.4 Å². The van der Waals surface area contributed by atoms with Gasteiger partial charge in [0, 0.05) is 52.0 Å². The number of nitro benzene ring substituents is 1. The lowest BCUT2D eigenvalue weighted by molar-refractivity contribution is -0.384. The SMILES string of the molecule is COCC(CN1CCN(c2ccc([N+](=O)[O-])cc2Cl)CC1)Oc1nonc1C.Cl. The summed E-state index contributed by atoms with van der Waals surface area (Å²) in [4.78, 5) is 14.8. The lowest BCUT2D eigenvalue weighted by Gasteiger charge is -2.37. The first-order chi connectivity index (χ1) is 13.5. The maximum absolute atomic E-state index is 10.9. The second-order valence-electron chi connectivity index (χ2n) is 6.53. The third-order valence-electron chi connectivity index (χ3n) is 4.56. The van der Waals surface area contributed by atoms with Crippen LogP contribution in [0.15, 0.2) is 22.8 Å². The number of piperazine rings is 1. The van der Waals surface area contributed by atoms with Gasteiger partial charge in [-0.05, 0) is 18.1 Å². The summed E-state index contributed by atoms with van der Waals surface area (Å²) in [7, 11) is 1.62. The number of aromatic nitrogens is 2. The first kappa shape index (κ1) is 23.1. The molecule has 0 spiro atoms. The van der Waals surface area contributed by atoms with Crippen molar-refractivity contribution in [1.29, 1.82) is 0 Å². The number of benzene rings is 1. The molecule has 10 nitrogen and oxygen atoms in total. The van der Waals surface area contributed by atoms with Crippen LogP contribution >= 0.6 is 24.0 Å². The van der Waals surface area contributed by atoms with Gasteiger partial charge in [-0.1, -0.05) is 16.8 Å². The summed E-state index contributed by atoms with van der Waals surface area (Å²) in [6.45, 7) is 5.95. The molecule has 160 valence electrons. The van der Waals surface area contributed by atoms with Crippen LogP contribution in [-0.4, -0.2) is 72.7 Å². The van der Waals surface area contributed by atoms with E-state index in [0.717, 1.165) is 31.9 Å². The molecule has 2 heterocycles. The Morgan fingerprint density at radius 2 is 2.03 bits per heavy atom. The highest BCUT2D eigenvalue weighted by molar-refractivity contribution is 6.33. The summed E-state index contributed by atoms with van der Waals surface area (Å²) >= 11 is 6.25. The lowest BCUT2D eigenvalue weighted by Crippen LogP contribution is -2.50. The molecular weight excluding hydrogens is 425 g/mol. The summed E-state index contributed by atoms with van der Waals surface area (Å²) in [6.07, 6.45) is -0.204. The average molecular weight is 448 g/mol. The van der Waals surface area contributed by atoms with Crippen LogP contribution in [0.2, 0.25) is 5.02 Å². The molecule has 0 amide bonds. The van der Waals surface area contributed by atoms with Gasteiger partial charge in [0.15, 0.2) is 0 Å². The van der Waals surface area contributed by atoms with Gasteiger partial charge in [0.1, 0.15) is 11.8 Å². The fourth-order valence-corrected chi connectivity index (χ4v) is 3.42. The van der Waals surface area contributed by atoms with Crippen molar-refractivity contribution in [1.82, 2.24) is 15.2 Å². The molecule has 0 bridgehead atoms. The van der Waals surface area contributed by atoms with Crippen molar-refractivity contribution in [3.63, 3.8) is 0 Å². The Kier molecular flexibility index (Phi) is 8.45. The highest BCUT2D eigenvalue weighted by atomic mass is 35.5. The van der Waals surface area contributed by atoms with Gasteiger partial charge >= 0.3 is 0 Å². The van der Waals surface area contributed by atoms with Crippen molar-refractivity contribution in [3.8, 4) is 5.88 Å². The second kappa shape index (κ2) is 10.6. The van der Waals surface area contributed by atoms with Crippen molar-refractivity contribution in [2.75, 3.05) is 51.3 Å². The van der Waals surface area contributed by atoms with Gasteiger partial charge < -0.3 is 14.4 Å². The number of halogens is 2. The maximum Gasteiger partial charge on any atom is 0.279 e. The Labute approximate surface area is 179 Å². The summed E-state index contributed by atoms with van der Waals surface area (Å²) in [6, 6.07) is 4.57. The van der Waals surface area contributed by atoms with Gasteiger partial charge in [-0.3, -0.25) is 15.0 Å². The van der Waals surface area contributed by atoms with E-state index in [4.69, 9.17) is 21.1 Å². The van der Waals surface area contributed by atoms with E-state index in [1.54, 1.807) is 20.1 Å². The molecular formula is C17H23Cl2N5O5. The van der Waals surface area contributed by atoms with E-state index in [0.29, 0.717) is 29.7 Å². The maximum atomic E-state index is 10.9. The predicted molar refractivity (Wildman–Crippen MR) is 109 cm³/mol. The molecule has 12 heteroatoms. The lowest BCUT2D eigenvalue weighted by atomic mass is 10.2. The molecule has 1 aliphatic heterocycles. The van der Waals surface area contributed by atoms with Gasteiger partial charge in [0.2, 0.25) is 0 Å². The zero-order valence-electron chi connectivity index (χ0n) is 16.1. The first-order valence-corrected chi connectivity index (χ1v) is 9.21. The standard InChI is InChI=1S/C17H22ClN5O5.ClH/c1-12-17(20-28-19-12)27-14(11-26-2)10-21-5-7-22(8-6-21)16-4-3-13(23(24)25)9-15(16)18;/h3-4,9,14H,5-8,10-11H2,1-2H3;1H. The number of hydrogen-bond donors (Lipinski definition) is 0. The van der Waals surface area contributed by atoms with Gasteiger partial charge in [-0.2, -0.15) is 0 Å². The number of rotatable bonds is 8. The summed E-state index contributed by atoms with van der Waals surface area (Å²) in [5.41, 5.74) is 1.39.